The van der Waals surface area contributed by atoms with E-state index in [1.165, 1.54) is 40.7 Å². The fourth-order valence-electron chi connectivity index (χ4n) is 6.82. The van der Waals surface area contributed by atoms with Gasteiger partial charge in [0.15, 0.2) is 5.69 Å². The van der Waals surface area contributed by atoms with Crippen molar-refractivity contribution < 1.29 is 32.3 Å². The summed E-state index contributed by atoms with van der Waals surface area (Å²) in [6, 6.07) is 20.7. The Morgan fingerprint density at radius 2 is 1.70 bits per heavy atom. The number of ether oxygens (including phenoxy) is 1. The molecule has 0 aliphatic carbocycles. The van der Waals surface area contributed by atoms with E-state index in [1.54, 1.807) is 43.3 Å². The fourth-order valence-corrected chi connectivity index (χ4v) is 6.82. The molecule has 0 unspecified atom stereocenters. The molecule has 0 bridgehead atoms. The Balaban J connectivity index is 1.37. The number of amides is 3. The highest BCUT2D eigenvalue weighted by Gasteiger charge is 2.44. The molecule has 1 fully saturated rings. The molecule has 2 aliphatic rings. The van der Waals surface area contributed by atoms with Gasteiger partial charge in [-0.3, -0.25) is 19.3 Å². The van der Waals surface area contributed by atoms with Crippen LogP contribution in [0.4, 0.5) is 18.9 Å². The molecular formula is C37H39F3N6O4. The minimum absolute atomic E-state index is 0.0270. The van der Waals surface area contributed by atoms with Gasteiger partial charge in [-0.15, -0.1) is 0 Å². The lowest BCUT2D eigenvalue weighted by Gasteiger charge is -2.30. The third-order valence-corrected chi connectivity index (χ3v) is 9.32. The Morgan fingerprint density at radius 1 is 0.980 bits per heavy atom. The van der Waals surface area contributed by atoms with Crippen molar-refractivity contribution in [2.45, 2.75) is 38.5 Å². The number of carbonyl (C=O) groups excluding carboxylic acids is 3. The number of fused-ring (bicyclic) bond motifs is 1. The number of methoxy groups -OCH3 is 1. The number of carbonyl (C=O) groups is 3. The molecule has 0 radical (unpaired) electrons. The number of hydrogen-bond donors (Lipinski definition) is 0. The summed E-state index contributed by atoms with van der Waals surface area (Å²) in [7, 11) is 4.69. The zero-order valence-electron chi connectivity index (χ0n) is 28.4. The molecule has 3 heterocycles. The van der Waals surface area contributed by atoms with E-state index in [0.29, 0.717) is 30.1 Å². The molecule has 1 saturated heterocycles. The molecule has 13 heteroatoms. The summed E-state index contributed by atoms with van der Waals surface area (Å²) in [6.07, 6.45) is -4.23. The highest BCUT2D eigenvalue weighted by atomic mass is 19.4. The van der Waals surface area contributed by atoms with Crippen LogP contribution in [0.1, 0.15) is 61.4 Å². The Bertz CT molecular complexity index is 1890. The molecule has 2 aliphatic heterocycles. The van der Waals surface area contributed by atoms with Gasteiger partial charge in [0.1, 0.15) is 11.4 Å². The average Bonchev–Trinajstić information content (AvgIpc) is 3.74. The first-order chi connectivity index (χ1) is 23.9. The van der Waals surface area contributed by atoms with Crippen molar-refractivity contribution in [1.29, 1.82) is 0 Å². The number of likely N-dealkylation sites (tertiary alicyclic amines) is 1. The topological polar surface area (TPSA) is 91.2 Å². The number of alkyl halides is 3. The summed E-state index contributed by atoms with van der Waals surface area (Å²) in [5.41, 5.74) is 0.439. The first-order valence-electron chi connectivity index (χ1n) is 16.5. The van der Waals surface area contributed by atoms with Crippen molar-refractivity contribution in [1.82, 2.24) is 24.5 Å². The maximum atomic E-state index is 14.5. The molecule has 4 aromatic rings. The predicted octanol–water partition coefficient (Wildman–Crippen LogP) is 5.54. The minimum atomic E-state index is -4.84. The molecule has 0 spiro atoms. The predicted molar refractivity (Wildman–Crippen MR) is 182 cm³/mol. The molecular weight excluding hydrogens is 649 g/mol. The van der Waals surface area contributed by atoms with E-state index in [9.17, 15) is 27.6 Å². The van der Waals surface area contributed by atoms with Gasteiger partial charge in [-0.2, -0.15) is 18.3 Å². The molecule has 6 rings (SSSR count). The van der Waals surface area contributed by atoms with Crippen LogP contribution in [0.15, 0.2) is 72.8 Å². The second-order valence-corrected chi connectivity index (χ2v) is 12.7. The lowest BCUT2D eigenvalue weighted by molar-refractivity contribution is -0.141. The van der Waals surface area contributed by atoms with Crippen molar-refractivity contribution >= 4 is 23.4 Å². The van der Waals surface area contributed by atoms with E-state index < -0.39 is 23.7 Å². The maximum absolute atomic E-state index is 14.5. The zero-order chi connectivity index (χ0) is 35.7. The molecule has 3 amide bonds. The number of benzene rings is 3. The van der Waals surface area contributed by atoms with Crippen molar-refractivity contribution in [3.8, 4) is 11.4 Å². The lowest BCUT2D eigenvalue weighted by atomic mass is 10.0. The summed E-state index contributed by atoms with van der Waals surface area (Å²) < 4.78 is 49.8. The van der Waals surface area contributed by atoms with Crippen molar-refractivity contribution in [3.63, 3.8) is 0 Å². The van der Waals surface area contributed by atoms with Crippen molar-refractivity contribution in [2.24, 2.45) is 0 Å². The van der Waals surface area contributed by atoms with Crippen LogP contribution >= 0.6 is 0 Å². The largest absolute Gasteiger partial charge is 0.497 e. The van der Waals surface area contributed by atoms with Gasteiger partial charge in [0, 0.05) is 69.7 Å². The first kappa shape index (κ1) is 34.7. The van der Waals surface area contributed by atoms with Gasteiger partial charge in [-0.05, 0) is 67.8 Å². The van der Waals surface area contributed by atoms with E-state index in [0.717, 1.165) is 24.2 Å². The van der Waals surface area contributed by atoms with Crippen LogP contribution in [-0.4, -0.2) is 95.6 Å². The monoisotopic (exact) mass is 688 g/mol. The SMILES string of the molecule is CCN(C(=O)c1cc(OC)ccc1-n1nc(C(F)(F)F)c2c1C(=O)N(c1ccc(C(=O)N(C)C)cc1)CC2)[C@H]1CCN(Cc2ccccc2)C1. The molecule has 10 nitrogen and oxygen atoms in total. The van der Waals surface area contributed by atoms with Gasteiger partial charge in [0.05, 0.1) is 18.4 Å². The van der Waals surface area contributed by atoms with E-state index in [-0.39, 0.29) is 47.4 Å². The van der Waals surface area contributed by atoms with Crippen LogP contribution in [0.25, 0.3) is 5.69 Å². The number of anilines is 1. The standard InChI is InChI=1S/C37H39F3N6O4/c1-5-44(27-17-19-43(23-27)22-24-9-7-6-8-10-24)35(48)30-21-28(50-4)15-16-31(30)46-32-29(33(41-46)37(38,39)40)18-20-45(36(32)49)26-13-11-25(12-14-26)34(47)42(2)3/h6-16,21,27H,5,17-20,22-23H2,1-4H3/t27-/m0/s1. The summed E-state index contributed by atoms with van der Waals surface area (Å²) in [5.74, 6) is -0.986. The van der Waals surface area contributed by atoms with Crippen LogP contribution in [0, 0.1) is 0 Å². The number of rotatable bonds is 9. The Kier molecular flexibility index (Phi) is 9.70. The van der Waals surface area contributed by atoms with Gasteiger partial charge in [-0.25, -0.2) is 4.68 Å². The smallest absolute Gasteiger partial charge is 0.435 e. The van der Waals surface area contributed by atoms with E-state index >= 15 is 0 Å². The van der Waals surface area contributed by atoms with Gasteiger partial charge in [-0.1, -0.05) is 30.3 Å². The Labute approximate surface area is 288 Å². The molecule has 1 aromatic heterocycles. The molecule has 262 valence electrons. The molecule has 50 heavy (non-hydrogen) atoms. The Hall–Kier alpha value is -5.17. The highest BCUT2D eigenvalue weighted by molar-refractivity contribution is 6.08. The second-order valence-electron chi connectivity index (χ2n) is 12.7. The molecule has 3 aromatic carbocycles. The first-order valence-corrected chi connectivity index (χ1v) is 16.5. The van der Waals surface area contributed by atoms with Crippen LogP contribution in [0.5, 0.6) is 5.75 Å². The quantitative estimate of drug-likeness (QED) is 0.230. The zero-order valence-corrected chi connectivity index (χ0v) is 28.4. The van der Waals surface area contributed by atoms with Crippen molar-refractivity contribution in [2.75, 3.05) is 52.3 Å². The third-order valence-electron chi connectivity index (χ3n) is 9.32. The van der Waals surface area contributed by atoms with Crippen LogP contribution in [-0.2, 0) is 19.1 Å². The molecule has 0 saturated carbocycles. The van der Waals surface area contributed by atoms with Crippen molar-refractivity contribution in [3.05, 3.63) is 106 Å². The fraction of sp³-hybridized carbons (Fsp3) is 0.351. The lowest BCUT2D eigenvalue weighted by Crippen LogP contribution is -2.42. The maximum Gasteiger partial charge on any atom is 0.435 e. The summed E-state index contributed by atoms with van der Waals surface area (Å²) >= 11 is 0. The number of likely N-dealkylation sites (N-methyl/N-ethyl adjacent to an activating group) is 1. The van der Waals surface area contributed by atoms with Gasteiger partial charge in [0.25, 0.3) is 17.7 Å². The number of hydrogen-bond acceptors (Lipinski definition) is 6. The van der Waals surface area contributed by atoms with E-state index in [2.05, 4.69) is 22.1 Å². The number of halogens is 3. The van der Waals surface area contributed by atoms with Crippen LogP contribution in [0.3, 0.4) is 0 Å². The number of aromatic nitrogens is 2. The van der Waals surface area contributed by atoms with Gasteiger partial charge < -0.3 is 19.4 Å². The van der Waals surface area contributed by atoms with Gasteiger partial charge >= 0.3 is 6.18 Å². The number of nitrogens with zero attached hydrogens (tertiary/aromatic N) is 6. The van der Waals surface area contributed by atoms with Crippen LogP contribution < -0.4 is 9.64 Å². The normalized spacial score (nSPS) is 16.3. The second kappa shape index (κ2) is 14.0. The summed E-state index contributed by atoms with van der Waals surface area (Å²) in [5, 5.41) is 3.98. The van der Waals surface area contributed by atoms with E-state index in [1.807, 2.05) is 25.1 Å². The minimum Gasteiger partial charge on any atom is -0.497 e. The molecule has 0 N–H and O–H groups in total. The van der Waals surface area contributed by atoms with Crippen LogP contribution in [0.2, 0.25) is 0 Å². The summed E-state index contributed by atoms with van der Waals surface area (Å²) in [6.45, 7) is 4.36. The molecule has 1 atom stereocenters. The summed E-state index contributed by atoms with van der Waals surface area (Å²) in [4.78, 5) is 47.8. The highest BCUT2D eigenvalue weighted by Crippen LogP contribution is 2.38. The third kappa shape index (κ3) is 6.69. The van der Waals surface area contributed by atoms with E-state index in [4.69, 9.17) is 4.74 Å². The average molecular weight is 689 g/mol. The van der Waals surface area contributed by atoms with Gasteiger partial charge in [0.2, 0.25) is 0 Å². The Morgan fingerprint density at radius 3 is 2.34 bits per heavy atom.